The number of ether oxygens (including phenoxy) is 4. The number of benzene rings is 2. The second kappa shape index (κ2) is 51.7. The van der Waals surface area contributed by atoms with Gasteiger partial charge in [0.2, 0.25) is 47.5 Å². The zero-order chi connectivity index (χ0) is 87.9. The molecule has 0 bridgehead atoms. The summed E-state index contributed by atoms with van der Waals surface area (Å²) in [5, 5.41) is 24.3. The number of hydrogen-bond donors (Lipinski definition) is 6. The van der Waals surface area contributed by atoms with E-state index < -0.39 is 65.9 Å². The van der Waals surface area contributed by atoms with Crippen molar-refractivity contribution in [3.05, 3.63) is 82.3 Å². The van der Waals surface area contributed by atoms with E-state index in [4.69, 9.17) is 26.1 Å². The lowest BCUT2D eigenvalue weighted by atomic mass is 9.80. The summed E-state index contributed by atoms with van der Waals surface area (Å²) >= 11 is 1.56. The van der Waals surface area contributed by atoms with Crippen molar-refractivity contribution < 1.29 is 87.8 Å². The Bertz CT molecular complexity index is 3630. The number of methoxy groups -OCH3 is 1. The number of aliphatic hydroxyl groups excluding tert-OH is 1. The minimum absolute atomic E-state index is 0.0116. The van der Waals surface area contributed by atoms with E-state index in [-0.39, 0.29) is 204 Å². The number of likely N-dealkylation sites (tertiary alicyclic amines) is 2. The Morgan fingerprint density at radius 2 is 1.38 bits per heavy atom. The molecule has 0 saturated carbocycles. The van der Waals surface area contributed by atoms with E-state index in [0.717, 1.165) is 28.3 Å². The van der Waals surface area contributed by atoms with Crippen LogP contribution >= 0.6 is 11.3 Å². The lowest BCUT2D eigenvalue weighted by Crippen LogP contribution is -2.53. The summed E-state index contributed by atoms with van der Waals surface area (Å²) < 4.78 is 28.4. The number of primary amides is 1. The highest BCUT2D eigenvalue weighted by Crippen LogP contribution is 2.36. The van der Waals surface area contributed by atoms with E-state index in [1.54, 1.807) is 79.6 Å². The second-order valence-electron chi connectivity index (χ2n) is 32.2. The first-order valence-electron chi connectivity index (χ1n) is 42.2. The lowest BCUT2D eigenvalue weighted by molar-refractivity contribution is -0.148. The summed E-state index contributed by atoms with van der Waals surface area (Å²) in [4.78, 5) is 183. The second-order valence-corrected chi connectivity index (χ2v) is 33.1. The molecule has 3 fully saturated rings. The summed E-state index contributed by atoms with van der Waals surface area (Å²) in [5.74, 6) is -4.99. The number of piperazine rings is 1. The summed E-state index contributed by atoms with van der Waals surface area (Å²) in [6.07, 6.45) is 3.49. The third-order valence-electron chi connectivity index (χ3n) is 22.6. The van der Waals surface area contributed by atoms with E-state index in [1.807, 2.05) is 77.1 Å². The first-order chi connectivity index (χ1) is 56.1. The number of hydrogen-bond acceptors (Lipinski definition) is 21. The number of nitrogens with one attached hydrogen (secondary N) is 4. The standard InChI is InChI=1S/C43H67N3O6S.C42H65N9O12.CH4/c1-11-29(6)41(45(9)43(51)34(28(4)5)24-38(49)30(7)27(2)3)39(52-10)25-40(50)46-20-15-18-36(46)35(26-47)31(8)37(48)23-33(42-44-19-21-53-42)22-32-16-13-12-14-17-32;1-28(2)37(47-34(54)15-23-61-25-26-62-24-17-44-33(53)14-18-51-35(55)12-13-36(51)56)32(52)27-30(7-6-16-45-41(43)59)39(57)46-31-10-8-29(9-11-31)38(63-42(60)48(3)4)40(58)50-21-19-49(5)20-22-50;/h12-14,16-17,19,21,27-31,33-36,39,41,47H,11,15,18,20,22-26H2,1-10H3;8-11,28,30,37-38H,6-7,12-27H2,1-5H3,(H,44,53)(H,46,57)(H,47,54)(H3,43,45,59);1H4/t29-,30-,31+,33+,34-,35+,36-,39+,41-;30-,37+,38?;/m01./s1/i;;1T. The number of amides is 11. The van der Waals surface area contributed by atoms with E-state index >= 15 is 0 Å². The van der Waals surface area contributed by atoms with Crippen molar-refractivity contribution in [1.29, 1.82) is 0 Å². The number of carbonyl (C=O) groups excluding carboxylic acids is 13. The van der Waals surface area contributed by atoms with Gasteiger partial charge in [0.05, 0.1) is 56.0 Å². The number of rotatable bonds is 48. The molecule has 0 aliphatic carbocycles. The third-order valence-corrected chi connectivity index (χ3v) is 23.5. The van der Waals surface area contributed by atoms with Crippen LogP contribution in [0, 0.1) is 53.3 Å². The van der Waals surface area contributed by atoms with Crippen molar-refractivity contribution in [2.75, 3.05) is 126 Å². The predicted molar refractivity (Wildman–Crippen MR) is 448 cm³/mol. The fourth-order valence-electron chi connectivity index (χ4n) is 14.8. The average Bonchev–Trinajstić information content (AvgIpc) is 1.55. The Balaban J connectivity index is 0.000000493. The van der Waals surface area contributed by atoms with E-state index in [1.165, 1.54) is 26.4 Å². The molecule has 1 aromatic heterocycles. The Morgan fingerprint density at radius 1 is 0.735 bits per heavy atom. The van der Waals surface area contributed by atoms with Gasteiger partial charge in [-0.1, -0.05) is 126 Å². The van der Waals surface area contributed by atoms with Crippen molar-refractivity contribution in [2.24, 2.45) is 59.0 Å². The monoisotopic (exact) mass is 1660 g/mol. The van der Waals surface area contributed by atoms with Gasteiger partial charge in [0, 0.05) is 198 Å². The fraction of sp³-hybridized carbons (Fsp3) is 0.674. The first kappa shape index (κ1) is 99.0. The quantitative estimate of drug-likeness (QED) is 0.0228. The summed E-state index contributed by atoms with van der Waals surface area (Å²) in [6, 6.07) is 14.2. The molecule has 3 aliphatic rings. The van der Waals surface area contributed by atoms with Crippen LogP contribution in [0.1, 0.15) is 190 Å². The molecule has 3 saturated heterocycles. The van der Waals surface area contributed by atoms with E-state index in [0.29, 0.717) is 69.7 Å². The summed E-state index contributed by atoms with van der Waals surface area (Å²) in [5.41, 5.74) is 7.13. The van der Waals surface area contributed by atoms with E-state index in [2.05, 4.69) is 57.1 Å². The molecule has 0 radical (unpaired) electrons. The molecule has 30 nitrogen and oxygen atoms in total. The molecule has 6 rings (SSSR count). The molecular formula is C86H136N12O18S. The van der Waals surface area contributed by atoms with Gasteiger partial charge in [-0.3, -0.25) is 57.6 Å². The Kier molecular flexibility index (Phi) is 43.7. The number of nitrogens with two attached hydrogens (primary N) is 1. The van der Waals surface area contributed by atoms with Crippen molar-refractivity contribution in [1.82, 2.24) is 50.3 Å². The van der Waals surface area contributed by atoms with Crippen molar-refractivity contribution in [3.8, 4) is 0 Å². The number of nitrogens with zero attached hydrogens (tertiary/aromatic N) is 7. The SMILES string of the molecule is CC(C)[C@H](NC(=O)CCOCCOCCNC(=O)CCN1C(=O)CCC1=O)C(=O)C[C@@H](CCCNC(N)=O)C(=O)Nc1ccc(C(OC(=O)N(C)C)C(=O)N2CCN(C)CC2)cc1.CC[C@H](C)[C@@H]([C@@H](CC(=O)N1CCC[C@H]1[C@H](CO)[C@@H](C)C(=O)C[C@@H](Cc1ccccc1)c1nccs1)OC)N(C)C(=O)[C@@H](CC(=O)[C@@H](C)C(C)C)C(C)C.[3H]C. The maximum absolute atomic E-state index is 14.2. The molecule has 1 unspecified atom stereocenters. The molecule has 117 heavy (non-hydrogen) atoms. The smallest absolute Gasteiger partial charge is 0.410 e. The molecule has 31 heteroatoms. The Morgan fingerprint density at radius 3 is 1.95 bits per heavy atom. The van der Waals surface area contributed by atoms with Gasteiger partial charge in [-0.05, 0) is 80.5 Å². The number of aliphatic hydroxyl groups is 1. The lowest BCUT2D eigenvalue weighted by Gasteiger charge is -2.41. The van der Waals surface area contributed by atoms with Gasteiger partial charge in [-0.2, -0.15) is 0 Å². The molecule has 0 spiro atoms. The number of imide groups is 1. The van der Waals surface area contributed by atoms with Crippen LogP contribution in [-0.2, 0) is 78.1 Å². The van der Waals surface area contributed by atoms with Crippen LogP contribution < -0.4 is 27.0 Å². The number of thiazole rings is 1. The minimum Gasteiger partial charge on any atom is -0.431 e. The van der Waals surface area contributed by atoms with Gasteiger partial charge in [0.1, 0.15) is 11.6 Å². The number of aromatic nitrogens is 1. The van der Waals surface area contributed by atoms with Gasteiger partial charge >= 0.3 is 12.1 Å². The molecule has 3 aromatic rings. The average molecular weight is 1660 g/mol. The molecule has 12 atom stereocenters. The van der Waals surface area contributed by atoms with Crippen LogP contribution in [0.4, 0.5) is 15.3 Å². The van der Waals surface area contributed by atoms with Gasteiger partial charge in [0.25, 0.3) is 5.91 Å². The van der Waals surface area contributed by atoms with Crippen LogP contribution in [0.25, 0.3) is 0 Å². The van der Waals surface area contributed by atoms with Crippen LogP contribution in [0.5, 0.6) is 0 Å². The van der Waals surface area contributed by atoms with Gasteiger partial charge in [0.15, 0.2) is 5.78 Å². The molecule has 654 valence electrons. The van der Waals surface area contributed by atoms with Crippen molar-refractivity contribution >= 4 is 93.8 Å². The number of anilines is 1. The highest BCUT2D eigenvalue weighted by atomic mass is 32.1. The minimum atomic E-state index is -1.21. The van der Waals surface area contributed by atoms with Crippen LogP contribution in [0.2, 0.25) is 0 Å². The third kappa shape index (κ3) is 32.6. The zero-order valence-corrected chi connectivity index (χ0v) is 72.9. The molecular weight excluding hydrogens is 1520 g/mol. The maximum atomic E-state index is 14.2. The molecule has 4 heterocycles. The molecule has 11 amide bonds. The normalized spacial score (nSPS) is 17.2. The van der Waals surface area contributed by atoms with Crippen molar-refractivity contribution in [3.63, 3.8) is 0 Å². The van der Waals surface area contributed by atoms with E-state index in [9.17, 15) is 67.4 Å². The number of likely N-dealkylation sites (N-methyl/N-ethyl adjacent to an activating group) is 2. The molecule has 7 N–H and O–H groups in total. The molecule has 2 aromatic carbocycles. The zero-order valence-electron chi connectivity index (χ0n) is 73.1. The first-order valence-corrected chi connectivity index (χ1v) is 42.1. The molecule has 3 aliphatic heterocycles. The van der Waals surface area contributed by atoms with Gasteiger partial charge < -0.3 is 75.6 Å². The topological polar surface area (TPSA) is 386 Å². The van der Waals surface area contributed by atoms with Crippen LogP contribution in [0.15, 0.2) is 66.2 Å². The number of carbonyl (C=O) groups is 13. The van der Waals surface area contributed by atoms with Gasteiger partial charge in [-0.25, -0.2) is 14.6 Å². The largest absolute Gasteiger partial charge is 0.431 e. The number of ketones is 3. The van der Waals surface area contributed by atoms with Crippen LogP contribution in [0.3, 0.4) is 0 Å². The summed E-state index contributed by atoms with van der Waals surface area (Å²) in [7, 11) is 9.62. The fourth-order valence-corrected chi connectivity index (χ4v) is 15.5. The highest BCUT2D eigenvalue weighted by Gasteiger charge is 2.44. The predicted octanol–water partition coefficient (Wildman–Crippen LogP) is 8.48. The Hall–Kier alpha value is -8.62. The van der Waals surface area contributed by atoms with Gasteiger partial charge in [-0.15, -0.1) is 11.3 Å². The van der Waals surface area contributed by atoms with Crippen molar-refractivity contribution in [2.45, 2.75) is 203 Å². The highest BCUT2D eigenvalue weighted by molar-refractivity contribution is 7.09. The Labute approximate surface area is 698 Å². The maximum Gasteiger partial charge on any atom is 0.410 e. The number of urea groups is 1. The summed E-state index contributed by atoms with van der Waals surface area (Å²) in [6.45, 7) is 23.3. The number of Topliss-reactive ketones (excluding diaryl/α,β-unsaturated/α-hetero) is 3. The van der Waals surface area contributed by atoms with Crippen LogP contribution in [-0.4, -0.2) is 261 Å².